The van der Waals surface area contributed by atoms with Crippen molar-refractivity contribution in [3.8, 4) is 11.8 Å². The fraction of sp³-hybridized carbons (Fsp3) is 0.263. The lowest BCUT2D eigenvalue weighted by atomic mass is 9.82. The molecule has 0 saturated carbocycles. The number of nitrogens with two attached hydrogens (primary N) is 2. The minimum atomic E-state index is -0.988. The zero-order valence-electron chi connectivity index (χ0n) is 15.8. The average molecular weight is 401 g/mol. The van der Waals surface area contributed by atoms with Crippen molar-refractivity contribution in [1.82, 2.24) is 0 Å². The first-order valence-electron chi connectivity index (χ1n) is 8.29. The Morgan fingerprint density at radius 2 is 1.97 bits per heavy atom. The smallest absolute Gasteiger partial charge is 0.338 e. The summed E-state index contributed by atoms with van der Waals surface area (Å²) >= 11 is 0. The fourth-order valence-corrected chi connectivity index (χ4v) is 2.76. The van der Waals surface area contributed by atoms with E-state index in [1.54, 1.807) is 18.2 Å². The molecular formula is C19H19N3O7. The highest BCUT2D eigenvalue weighted by atomic mass is 16.5. The van der Waals surface area contributed by atoms with E-state index in [0.29, 0.717) is 5.56 Å². The minimum absolute atomic E-state index is 0.0499. The largest absolute Gasteiger partial charge is 0.484 e. The molecule has 1 amide bonds. The van der Waals surface area contributed by atoms with Crippen LogP contribution in [0, 0.1) is 11.3 Å². The molecule has 152 valence electrons. The molecule has 1 atom stereocenters. The zero-order valence-corrected chi connectivity index (χ0v) is 15.8. The van der Waals surface area contributed by atoms with Crippen LogP contribution in [0.3, 0.4) is 0 Å². The first kappa shape index (κ1) is 21.3. The summed E-state index contributed by atoms with van der Waals surface area (Å²) in [6, 6.07) is 8.23. The summed E-state index contributed by atoms with van der Waals surface area (Å²) in [5, 5.41) is 9.60. The predicted molar refractivity (Wildman–Crippen MR) is 97.5 cm³/mol. The molecule has 0 aromatic heterocycles. The molecule has 0 fully saturated rings. The lowest BCUT2D eigenvalue weighted by Gasteiger charge is -2.27. The number of esters is 2. The van der Waals surface area contributed by atoms with Gasteiger partial charge in [-0.2, -0.15) is 5.26 Å². The van der Waals surface area contributed by atoms with Gasteiger partial charge in [-0.3, -0.25) is 9.59 Å². The Kier molecular flexibility index (Phi) is 6.81. The van der Waals surface area contributed by atoms with Crippen LogP contribution in [-0.2, 0) is 28.6 Å². The highest BCUT2D eigenvalue weighted by Crippen LogP contribution is 2.41. The molecule has 0 unspecified atom stereocenters. The number of methoxy groups -OCH3 is 2. The zero-order chi connectivity index (χ0) is 21.6. The molecule has 1 aromatic carbocycles. The van der Waals surface area contributed by atoms with E-state index >= 15 is 0 Å². The number of nitriles is 1. The van der Waals surface area contributed by atoms with Crippen molar-refractivity contribution in [2.45, 2.75) is 12.3 Å². The number of carbonyl (C=O) groups excluding carboxylic acids is 3. The number of ether oxygens (including phenoxy) is 4. The SMILES string of the molecule is COC(=O)CC1=C(C(=O)OC)[C@H](c2cccc(OCC(N)=O)c2)C(C#N)=C(N)O1. The van der Waals surface area contributed by atoms with E-state index in [1.807, 2.05) is 6.07 Å². The normalized spacial score (nSPS) is 15.8. The van der Waals surface area contributed by atoms with Crippen molar-refractivity contribution in [2.75, 3.05) is 20.8 Å². The second-order valence-electron chi connectivity index (χ2n) is 5.83. The highest BCUT2D eigenvalue weighted by Gasteiger charge is 2.38. The molecule has 4 N–H and O–H groups in total. The molecule has 0 aliphatic carbocycles. The minimum Gasteiger partial charge on any atom is -0.484 e. The van der Waals surface area contributed by atoms with Crippen LogP contribution >= 0.6 is 0 Å². The lowest BCUT2D eigenvalue weighted by molar-refractivity contribution is -0.140. The summed E-state index contributed by atoms with van der Waals surface area (Å²) < 4.78 is 20.1. The second-order valence-corrected chi connectivity index (χ2v) is 5.83. The van der Waals surface area contributed by atoms with Gasteiger partial charge in [0, 0.05) is 0 Å². The summed E-state index contributed by atoms with van der Waals surface area (Å²) in [4.78, 5) is 35.2. The van der Waals surface area contributed by atoms with Crippen LogP contribution in [0.2, 0.25) is 0 Å². The van der Waals surface area contributed by atoms with Gasteiger partial charge in [-0.1, -0.05) is 12.1 Å². The van der Waals surface area contributed by atoms with Gasteiger partial charge in [-0.15, -0.1) is 0 Å². The first-order valence-corrected chi connectivity index (χ1v) is 8.29. The van der Waals surface area contributed by atoms with E-state index in [1.165, 1.54) is 13.2 Å². The Balaban J connectivity index is 2.61. The monoisotopic (exact) mass is 401 g/mol. The fourth-order valence-electron chi connectivity index (χ4n) is 2.76. The molecule has 0 bridgehead atoms. The van der Waals surface area contributed by atoms with Gasteiger partial charge < -0.3 is 30.4 Å². The Morgan fingerprint density at radius 1 is 1.24 bits per heavy atom. The first-order chi connectivity index (χ1) is 13.8. The molecule has 0 saturated heterocycles. The number of benzene rings is 1. The summed E-state index contributed by atoms with van der Waals surface area (Å²) in [6.07, 6.45) is -0.394. The third-order valence-electron chi connectivity index (χ3n) is 4.01. The summed E-state index contributed by atoms with van der Waals surface area (Å²) in [5.41, 5.74) is 11.3. The molecule has 0 radical (unpaired) electrons. The second kappa shape index (κ2) is 9.27. The molecule has 10 nitrogen and oxygen atoms in total. The van der Waals surface area contributed by atoms with Crippen LogP contribution < -0.4 is 16.2 Å². The van der Waals surface area contributed by atoms with Crippen molar-refractivity contribution in [3.63, 3.8) is 0 Å². The molecule has 1 aliphatic heterocycles. The van der Waals surface area contributed by atoms with Crippen LogP contribution in [0.4, 0.5) is 0 Å². The predicted octanol–water partition coefficient (Wildman–Crippen LogP) is 0.349. The quantitative estimate of drug-likeness (QED) is 0.613. The van der Waals surface area contributed by atoms with Gasteiger partial charge in [0.15, 0.2) is 6.61 Å². The maximum absolute atomic E-state index is 12.5. The lowest BCUT2D eigenvalue weighted by Crippen LogP contribution is -2.27. The maximum Gasteiger partial charge on any atom is 0.338 e. The molecule has 1 heterocycles. The van der Waals surface area contributed by atoms with Crippen LogP contribution in [-0.4, -0.2) is 38.7 Å². The number of primary amides is 1. The van der Waals surface area contributed by atoms with Crippen molar-refractivity contribution in [3.05, 3.63) is 52.6 Å². The van der Waals surface area contributed by atoms with E-state index in [0.717, 1.165) is 7.11 Å². The number of amides is 1. The average Bonchev–Trinajstić information content (AvgIpc) is 2.71. The van der Waals surface area contributed by atoms with Gasteiger partial charge >= 0.3 is 11.9 Å². The van der Waals surface area contributed by atoms with Gasteiger partial charge in [0.25, 0.3) is 5.91 Å². The van der Waals surface area contributed by atoms with Crippen molar-refractivity contribution in [1.29, 1.82) is 5.26 Å². The summed E-state index contributed by atoms with van der Waals surface area (Å²) in [7, 11) is 2.34. The Bertz CT molecular complexity index is 943. The van der Waals surface area contributed by atoms with Gasteiger partial charge in [-0.05, 0) is 17.7 Å². The number of allylic oxidation sites excluding steroid dienone is 1. The Morgan fingerprint density at radius 3 is 2.55 bits per heavy atom. The van der Waals surface area contributed by atoms with Crippen LogP contribution in [0.15, 0.2) is 47.1 Å². The Labute approximate surface area is 166 Å². The van der Waals surface area contributed by atoms with E-state index in [2.05, 4.69) is 4.74 Å². The third kappa shape index (κ3) is 4.84. The van der Waals surface area contributed by atoms with E-state index in [9.17, 15) is 19.6 Å². The van der Waals surface area contributed by atoms with Gasteiger partial charge in [0.1, 0.15) is 29.6 Å². The number of hydrogen-bond acceptors (Lipinski definition) is 9. The van der Waals surface area contributed by atoms with Crippen LogP contribution in [0.1, 0.15) is 17.9 Å². The van der Waals surface area contributed by atoms with Crippen molar-refractivity contribution >= 4 is 17.8 Å². The molecule has 0 spiro atoms. The molecule has 2 rings (SSSR count). The maximum atomic E-state index is 12.5. The molecular weight excluding hydrogens is 382 g/mol. The molecule has 1 aliphatic rings. The number of nitrogens with zero attached hydrogens (tertiary/aromatic N) is 1. The standard InChI is InChI=1S/C19H19N3O7/c1-26-15(24)7-13-17(19(25)27-2)16(12(8-20)18(22)29-13)10-4-3-5-11(6-10)28-9-14(21)23/h3-6,16H,7,9,22H2,1-2H3,(H2,21,23)/t16-/m1/s1. The molecule has 29 heavy (non-hydrogen) atoms. The van der Waals surface area contributed by atoms with Crippen LogP contribution in [0.5, 0.6) is 5.75 Å². The topological polar surface area (TPSA) is 164 Å². The highest BCUT2D eigenvalue weighted by molar-refractivity contribution is 5.93. The summed E-state index contributed by atoms with van der Waals surface area (Å²) in [5.74, 6) is -3.20. The van der Waals surface area contributed by atoms with Crippen molar-refractivity contribution in [2.24, 2.45) is 11.5 Å². The Hall–Kier alpha value is -4.00. The number of rotatable bonds is 7. The number of carbonyl (C=O) groups is 3. The van der Waals surface area contributed by atoms with E-state index < -0.39 is 30.2 Å². The molecule has 10 heteroatoms. The number of hydrogen-bond donors (Lipinski definition) is 2. The van der Waals surface area contributed by atoms with E-state index in [4.69, 9.17) is 25.7 Å². The van der Waals surface area contributed by atoms with Gasteiger partial charge in [-0.25, -0.2) is 4.79 Å². The molecule has 1 aromatic rings. The summed E-state index contributed by atoms with van der Waals surface area (Å²) in [6.45, 7) is -0.354. The van der Waals surface area contributed by atoms with Gasteiger partial charge in [0.2, 0.25) is 5.88 Å². The van der Waals surface area contributed by atoms with Crippen LogP contribution in [0.25, 0.3) is 0 Å². The third-order valence-corrected chi connectivity index (χ3v) is 4.01. The van der Waals surface area contributed by atoms with Gasteiger partial charge in [0.05, 0.1) is 25.7 Å². The van der Waals surface area contributed by atoms with Crippen molar-refractivity contribution < 1.29 is 33.3 Å². The van der Waals surface area contributed by atoms with E-state index in [-0.39, 0.29) is 35.1 Å².